The van der Waals surface area contributed by atoms with Gasteiger partial charge in [-0.15, -0.1) is 0 Å². The summed E-state index contributed by atoms with van der Waals surface area (Å²) < 4.78 is 0. The topological polar surface area (TPSA) is 128 Å². The molecule has 0 bridgehead atoms. The summed E-state index contributed by atoms with van der Waals surface area (Å²) in [6.07, 6.45) is 7.92. The molecular weight excluding hydrogens is 460 g/mol. The maximum atomic E-state index is 10.1. The minimum Gasteiger partial charge on any atom is -0.374 e. The molecule has 6 rings (SSSR count). The van der Waals surface area contributed by atoms with Crippen LogP contribution in [0.2, 0.25) is 0 Å². The van der Waals surface area contributed by atoms with Crippen molar-refractivity contribution in [2.45, 2.75) is 26.0 Å². The average Bonchev–Trinajstić information content (AvgIpc) is 3.63. The summed E-state index contributed by atoms with van der Waals surface area (Å²) in [6, 6.07) is 7.87. The van der Waals surface area contributed by atoms with Gasteiger partial charge in [0.15, 0.2) is 5.82 Å². The first kappa shape index (κ1) is 21.4. The van der Waals surface area contributed by atoms with Crippen LogP contribution in [0.25, 0.3) is 56.0 Å². The number of aromatic nitrogens is 7. The Morgan fingerprint density at radius 3 is 2.86 bits per heavy atom. The van der Waals surface area contributed by atoms with Gasteiger partial charge in [-0.1, -0.05) is 13.3 Å². The molecule has 6 heterocycles. The third-order valence-corrected chi connectivity index (χ3v) is 6.48. The maximum Gasteiger partial charge on any atom is 0.159 e. The minimum atomic E-state index is -0.616. The molecule has 0 radical (unpaired) electrons. The lowest BCUT2D eigenvalue weighted by atomic mass is 10.1. The van der Waals surface area contributed by atoms with E-state index in [4.69, 9.17) is 4.98 Å². The van der Waals surface area contributed by atoms with Crippen LogP contribution >= 0.6 is 11.3 Å². The SMILES string of the molecule is CCCC(O)Nc1cncc(-c2cc3c(-c4nc5c(-c6ccsc6)nccc5[nH]4)n[nH]c3cn2)c1. The Morgan fingerprint density at radius 1 is 1.06 bits per heavy atom. The number of aromatic amines is 2. The smallest absolute Gasteiger partial charge is 0.159 e. The van der Waals surface area contributed by atoms with Crippen molar-refractivity contribution in [2.75, 3.05) is 5.32 Å². The number of rotatable bonds is 7. The fourth-order valence-corrected chi connectivity index (χ4v) is 4.75. The number of imidazole rings is 1. The Balaban J connectivity index is 1.40. The van der Waals surface area contributed by atoms with Crippen molar-refractivity contribution in [3.05, 3.63) is 59.8 Å². The van der Waals surface area contributed by atoms with Gasteiger partial charge in [-0.3, -0.25) is 20.1 Å². The molecular formula is C25H22N8OS. The first-order valence-corrected chi connectivity index (χ1v) is 12.3. The van der Waals surface area contributed by atoms with E-state index in [1.807, 2.05) is 36.6 Å². The molecule has 4 N–H and O–H groups in total. The summed E-state index contributed by atoms with van der Waals surface area (Å²) in [5.74, 6) is 0.657. The van der Waals surface area contributed by atoms with Crippen LogP contribution in [0.1, 0.15) is 19.8 Å². The molecule has 0 fully saturated rings. The van der Waals surface area contributed by atoms with Crippen LogP contribution in [0, 0.1) is 0 Å². The molecule has 10 heteroatoms. The van der Waals surface area contributed by atoms with E-state index in [-0.39, 0.29) is 0 Å². The normalized spacial score (nSPS) is 12.4. The van der Waals surface area contributed by atoms with Crippen LogP contribution in [0.15, 0.2) is 59.8 Å². The van der Waals surface area contributed by atoms with Gasteiger partial charge in [0.1, 0.15) is 17.4 Å². The van der Waals surface area contributed by atoms with Gasteiger partial charge in [-0.25, -0.2) is 4.98 Å². The van der Waals surface area contributed by atoms with Crippen molar-refractivity contribution in [2.24, 2.45) is 0 Å². The Hall–Kier alpha value is -4.15. The van der Waals surface area contributed by atoms with E-state index in [9.17, 15) is 5.11 Å². The molecule has 0 spiro atoms. The number of hydrogen-bond donors (Lipinski definition) is 4. The van der Waals surface area contributed by atoms with E-state index in [1.165, 1.54) is 0 Å². The molecule has 9 nitrogen and oxygen atoms in total. The van der Waals surface area contributed by atoms with Crippen LogP contribution in [0.5, 0.6) is 0 Å². The molecule has 0 aliphatic carbocycles. The summed E-state index contributed by atoms with van der Waals surface area (Å²) in [5.41, 5.74) is 7.42. The fraction of sp³-hybridized carbons (Fsp3) is 0.160. The molecule has 0 saturated heterocycles. The van der Waals surface area contributed by atoms with E-state index in [1.54, 1.807) is 36.1 Å². The number of nitrogens with one attached hydrogen (secondary N) is 3. The first-order valence-electron chi connectivity index (χ1n) is 11.3. The molecule has 1 atom stereocenters. The summed E-state index contributed by atoms with van der Waals surface area (Å²) in [7, 11) is 0. The number of aliphatic hydroxyl groups is 1. The highest BCUT2D eigenvalue weighted by Crippen LogP contribution is 2.32. The lowest BCUT2D eigenvalue weighted by Crippen LogP contribution is -2.18. The second kappa shape index (κ2) is 8.90. The summed E-state index contributed by atoms with van der Waals surface area (Å²) in [4.78, 5) is 21.7. The second-order valence-electron chi connectivity index (χ2n) is 8.25. The van der Waals surface area contributed by atoms with Gasteiger partial charge in [0, 0.05) is 34.3 Å². The van der Waals surface area contributed by atoms with Crippen LogP contribution in [-0.2, 0) is 0 Å². The van der Waals surface area contributed by atoms with Crippen molar-refractivity contribution in [3.8, 4) is 34.0 Å². The summed E-state index contributed by atoms with van der Waals surface area (Å²) in [6.45, 7) is 2.03. The lowest BCUT2D eigenvalue weighted by molar-refractivity contribution is 0.192. The Kier molecular flexibility index (Phi) is 5.44. The van der Waals surface area contributed by atoms with Gasteiger partial charge in [0.2, 0.25) is 0 Å². The van der Waals surface area contributed by atoms with Gasteiger partial charge < -0.3 is 15.4 Å². The molecule has 0 amide bonds. The third-order valence-electron chi connectivity index (χ3n) is 5.80. The fourth-order valence-electron chi connectivity index (χ4n) is 4.11. The number of nitrogens with zero attached hydrogens (tertiary/aromatic N) is 5. The zero-order valence-electron chi connectivity index (χ0n) is 18.9. The van der Waals surface area contributed by atoms with Gasteiger partial charge in [-0.2, -0.15) is 16.4 Å². The minimum absolute atomic E-state index is 0.616. The Labute approximate surface area is 204 Å². The predicted molar refractivity (Wildman–Crippen MR) is 138 cm³/mol. The molecule has 6 aromatic rings. The van der Waals surface area contributed by atoms with Crippen LogP contribution in [-0.4, -0.2) is 46.5 Å². The van der Waals surface area contributed by atoms with Gasteiger partial charge in [-0.05, 0) is 36.1 Å². The average molecular weight is 483 g/mol. The van der Waals surface area contributed by atoms with E-state index < -0.39 is 6.23 Å². The van der Waals surface area contributed by atoms with Crippen molar-refractivity contribution in [1.82, 2.24) is 35.1 Å². The molecule has 35 heavy (non-hydrogen) atoms. The number of anilines is 1. The molecule has 0 aliphatic heterocycles. The molecule has 0 saturated carbocycles. The molecule has 174 valence electrons. The van der Waals surface area contributed by atoms with Crippen molar-refractivity contribution in [1.29, 1.82) is 0 Å². The number of pyridine rings is 3. The zero-order valence-corrected chi connectivity index (χ0v) is 19.7. The third kappa shape index (κ3) is 4.02. The number of aliphatic hydroxyl groups excluding tert-OH is 1. The predicted octanol–water partition coefficient (Wildman–Crippen LogP) is 5.22. The van der Waals surface area contributed by atoms with E-state index >= 15 is 0 Å². The number of thiophene rings is 1. The van der Waals surface area contributed by atoms with Crippen LogP contribution in [0.3, 0.4) is 0 Å². The van der Waals surface area contributed by atoms with Crippen molar-refractivity contribution < 1.29 is 5.11 Å². The number of H-pyrrole nitrogens is 2. The highest BCUT2D eigenvalue weighted by molar-refractivity contribution is 7.08. The van der Waals surface area contributed by atoms with Crippen LogP contribution < -0.4 is 5.32 Å². The summed E-state index contributed by atoms with van der Waals surface area (Å²) >= 11 is 1.63. The van der Waals surface area contributed by atoms with E-state index in [2.05, 4.69) is 40.8 Å². The molecule has 6 aromatic heterocycles. The zero-order chi connectivity index (χ0) is 23.8. The Bertz CT molecular complexity index is 1620. The largest absolute Gasteiger partial charge is 0.374 e. The Morgan fingerprint density at radius 2 is 2.00 bits per heavy atom. The quantitative estimate of drug-likeness (QED) is 0.230. The van der Waals surface area contributed by atoms with Crippen molar-refractivity contribution in [3.63, 3.8) is 0 Å². The van der Waals surface area contributed by atoms with Crippen LogP contribution in [0.4, 0.5) is 5.69 Å². The first-order chi connectivity index (χ1) is 17.2. The second-order valence-corrected chi connectivity index (χ2v) is 9.03. The van der Waals surface area contributed by atoms with Gasteiger partial charge >= 0.3 is 0 Å². The number of hydrogen-bond acceptors (Lipinski definition) is 8. The standard InChI is InChI=1S/C25H22N8OS/c1-2-3-21(34)29-16-8-15(10-26-11-16)19-9-17-20(12-28-19)32-33-23(17)25-30-18-4-6-27-22(24(18)31-25)14-5-7-35-13-14/h4-13,21,29,34H,2-3H2,1H3,(H,30,31)(H,32,33). The van der Waals surface area contributed by atoms with E-state index in [0.29, 0.717) is 17.9 Å². The monoisotopic (exact) mass is 482 g/mol. The van der Waals surface area contributed by atoms with E-state index in [0.717, 1.165) is 56.6 Å². The highest BCUT2D eigenvalue weighted by atomic mass is 32.1. The lowest BCUT2D eigenvalue weighted by Gasteiger charge is -2.13. The van der Waals surface area contributed by atoms with Gasteiger partial charge in [0.25, 0.3) is 0 Å². The molecule has 1 unspecified atom stereocenters. The van der Waals surface area contributed by atoms with Gasteiger partial charge in [0.05, 0.1) is 40.5 Å². The summed E-state index contributed by atoms with van der Waals surface area (Å²) in [5, 5.41) is 25.8. The molecule has 0 aromatic carbocycles. The highest BCUT2D eigenvalue weighted by Gasteiger charge is 2.17. The number of fused-ring (bicyclic) bond motifs is 2. The maximum absolute atomic E-state index is 10.1. The van der Waals surface area contributed by atoms with Crippen molar-refractivity contribution >= 4 is 39.0 Å². The molecule has 0 aliphatic rings.